The smallest absolute Gasteiger partial charge is 0.337 e. The Kier molecular flexibility index (Phi) is 4.63. The van der Waals surface area contributed by atoms with Gasteiger partial charge in [0.15, 0.2) is 5.78 Å². The topological polar surface area (TPSA) is 75.7 Å². The lowest BCUT2D eigenvalue weighted by Crippen LogP contribution is -2.50. The fourth-order valence-electron chi connectivity index (χ4n) is 4.22. The van der Waals surface area contributed by atoms with Crippen molar-refractivity contribution in [2.24, 2.45) is 0 Å². The molecule has 2 aliphatic heterocycles. The minimum absolute atomic E-state index is 0.0349. The highest BCUT2D eigenvalue weighted by Crippen LogP contribution is 2.47. The highest BCUT2D eigenvalue weighted by Gasteiger charge is 2.45. The van der Waals surface area contributed by atoms with Crippen molar-refractivity contribution in [1.29, 1.82) is 0 Å². The zero-order valence-corrected chi connectivity index (χ0v) is 16.5. The van der Waals surface area contributed by atoms with Gasteiger partial charge in [0.1, 0.15) is 5.70 Å². The molecule has 1 amide bonds. The Morgan fingerprint density at radius 1 is 1.30 bits per heavy atom. The number of fused-ring (bicyclic) bond motifs is 2. The molecule has 3 aliphatic rings. The Morgan fingerprint density at radius 2 is 2.11 bits per heavy atom. The second-order valence-electron chi connectivity index (χ2n) is 6.79. The molecule has 1 N–H and O–H groups in total. The number of nitrogens with one attached hydrogen (secondary N) is 1. The number of ketones is 1. The van der Waals surface area contributed by atoms with Crippen LogP contribution in [0.15, 0.2) is 51.3 Å². The third-order valence-corrected chi connectivity index (χ3v) is 5.77. The molecule has 0 aromatic heterocycles. The third-order valence-electron chi connectivity index (χ3n) is 5.28. The average molecular weight is 431 g/mol. The van der Waals surface area contributed by atoms with Crippen molar-refractivity contribution in [1.82, 2.24) is 10.2 Å². The molecular formula is C20H19BrN2O4. The Morgan fingerprint density at radius 3 is 2.85 bits per heavy atom. The summed E-state index contributed by atoms with van der Waals surface area (Å²) in [7, 11) is 1.30. The molecule has 1 atom stereocenters. The minimum atomic E-state index is -0.604. The molecule has 0 spiro atoms. The van der Waals surface area contributed by atoms with Gasteiger partial charge in [-0.15, -0.1) is 0 Å². The number of nitrogens with zero attached hydrogens (tertiary/aromatic N) is 1. The molecule has 1 aliphatic carbocycles. The van der Waals surface area contributed by atoms with Crippen LogP contribution >= 0.6 is 15.9 Å². The molecule has 1 fully saturated rings. The van der Waals surface area contributed by atoms with E-state index in [1.54, 1.807) is 0 Å². The molecule has 2 heterocycles. The summed E-state index contributed by atoms with van der Waals surface area (Å²) in [5.74, 6) is -1.45. The Hall–Kier alpha value is -2.41. The summed E-state index contributed by atoms with van der Waals surface area (Å²) in [6.45, 7) is 1.02. The number of allylic oxidation sites excluding steroid dienone is 2. The van der Waals surface area contributed by atoms with E-state index in [0.29, 0.717) is 30.8 Å². The summed E-state index contributed by atoms with van der Waals surface area (Å²) in [6.07, 6.45) is 1.92. The third kappa shape index (κ3) is 2.90. The number of amides is 1. The first-order valence-electron chi connectivity index (χ1n) is 8.93. The van der Waals surface area contributed by atoms with Crippen LogP contribution in [0.4, 0.5) is 0 Å². The molecule has 0 saturated carbocycles. The highest BCUT2D eigenvalue weighted by atomic mass is 79.9. The van der Waals surface area contributed by atoms with Crippen LogP contribution in [0, 0.1) is 0 Å². The molecule has 7 heteroatoms. The predicted octanol–water partition coefficient (Wildman–Crippen LogP) is 2.41. The van der Waals surface area contributed by atoms with Crippen LogP contribution in [0.1, 0.15) is 30.7 Å². The molecule has 27 heavy (non-hydrogen) atoms. The van der Waals surface area contributed by atoms with E-state index in [2.05, 4.69) is 21.2 Å². The summed E-state index contributed by atoms with van der Waals surface area (Å²) in [5.41, 5.74) is 2.83. The number of Topliss-reactive ketones (excluding diaryl/α,β-unsaturated/α-hetero) is 1. The van der Waals surface area contributed by atoms with Crippen LogP contribution in [0.2, 0.25) is 0 Å². The van der Waals surface area contributed by atoms with Gasteiger partial charge in [0.05, 0.1) is 12.7 Å². The van der Waals surface area contributed by atoms with Crippen LogP contribution < -0.4 is 5.32 Å². The van der Waals surface area contributed by atoms with Crippen molar-refractivity contribution in [3.8, 4) is 0 Å². The second-order valence-corrected chi connectivity index (χ2v) is 7.70. The van der Waals surface area contributed by atoms with Gasteiger partial charge in [-0.25, -0.2) is 4.79 Å². The maximum absolute atomic E-state index is 12.9. The summed E-state index contributed by atoms with van der Waals surface area (Å²) in [4.78, 5) is 40.3. The summed E-state index contributed by atoms with van der Waals surface area (Å²) < 4.78 is 5.88. The minimum Gasteiger partial charge on any atom is -0.466 e. The number of ether oxygens (including phenoxy) is 1. The summed E-state index contributed by atoms with van der Waals surface area (Å²) >= 11 is 3.46. The van der Waals surface area contributed by atoms with Gasteiger partial charge in [-0.1, -0.05) is 28.1 Å². The molecule has 1 saturated heterocycles. The van der Waals surface area contributed by atoms with Crippen molar-refractivity contribution in [3.63, 3.8) is 0 Å². The van der Waals surface area contributed by atoms with Crippen molar-refractivity contribution in [2.75, 3.05) is 20.2 Å². The summed E-state index contributed by atoms with van der Waals surface area (Å²) in [5, 5.41) is 2.82. The van der Waals surface area contributed by atoms with Gasteiger partial charge in [-0.3, -0.25) is 9.59 Å². The molecule has 140 valence electrons. The van der Waals surface area contributed by atoms with Crippen molar-refractivity contribution in [2.45, 2.75) is 25.2 Å². The van der Waals surface area contributed by atoms with Crippen LogP contribution in [0.5, 0.6) is 0 Å². The molecular weight excluding hydrogens is 412 g/mol. The average Bonchev–Trinajstić information content (AvgIpc) is 2.67. The number of benzene rings is 1. The molecule has 1 aromatic rings. The first kappa shape index (κ1) is 18.0. The second kappa shape index (κ2) is 6.96. The van der Waals surface area contributed by atoms with E-state index >= 15 is 0 Å². The number of hydrogen-bond donors (Lipinski definition) is 1. The van der Waals surface area contributed by atoms with Gasteiger partial charge in [-0.05, 0) is 30.5 Å². The van der Waals surface area contributed by atoms with Gasteiger partial charge in [0.25, 0.3) is 5.91 Å². The first-order chi connectivity index (χ1) is 13.0. The van der Waals surface area contributed by atoms with Gasteiger partial charge in [0.2, 0.25) is 0 Å². The van der Waals surface area contributed by atoms with E-state index in [1.807, 2.05) is 29.2 Å². The fraction of sp³-hybridized carbons (Fsp3) is 0.350. The number of piperazine rings is 1. The van der Waals surface area contributed by atoms with Crippen molar-refractivity contribution < 1.29 is 19.1 Å². The van der Waals surface area contributed by atoms with E-state index in [4.69, 9.17) is 4.74 Å². The normalized spacial score (nSPS) is 22.3. The Bertz CT molecular complexity index is 918. The molecule has 4 rings (SSSR count). The highest BCUT2D eigenvalue weighted by molar-refractivity contribution is 9.10. The molecule has 1 aromatic carbocycles. The van der Waals surface area contributed by atoms with Gasteiger partial charge >= 0.3 is 5.97 Å². The Labute approximate surface area is 165 Å². The van der Waals surface area contributed by atoms with Crippen LogP contribution in [-0.4, -0.2) is 42.8 Å². The van der Waals surface area contributed by atoms with Gasteiger partial charge in [0, 0.05) is 41.2 Å². The number of halogens is 1. The fourth-order valence-corrected chi connectivity index (χ4v) is 4.63. The lowest BCUT2D eigenvalue weighted by atomic mass is 9.74. The molecule has 0 bridgehead atoms. The zero-order chi connectivity index (χ0) is 19.1. The molecule has 0 unspecified atom stereocenters. The van der Waals surface area contributed by atoms with Crippen molar-refractivity contribution >= 4 is 33.6 Å². The standard InChI is InChI=1S/C20H19BrN2O4/c1-27-20(26)17-15(11-4-2-5-12(21)10-11)16-13(6-3-7-14(16)24)23-9-8-22-19(25)18(17)23/h2,4-5,10,15H,3,6-9H2,1H3,(H,22,25)/t15-/m0/s1. The number of carbonyl (C=O) groups excluding carboxylic acids is 3. The van der Waals surface area contributed by atoms with E-state index in [0.717, 1.165) is 28.6 Å². The molecule has 6 nitrogen and oxygen atoms in total. The molecule has 0 radical (unpaired) electrons. The SMILES string of the molecule is COC(=O)C1=C2C(=O)NCCN2C2=C(C(=O)CCC2)[C@@H]1c1cccc(Br)c1. The van der Waals surface area contributed by atoms with Gasteiger partial charge in [-0.2, -0.15) is 0 Å². The van der Waals surface area contributed by atoms with Crippen LogP contribution in [0.3, 0.4) is 0 Å². The maximum atomic E-state index is 12.9. The quantitative estimate of drug-likeness (QED) is 0.729. The number of methoxy groups -OCH3 is 1. The van der Waals surface area contributed by atoms with E-state index in [9.17, 15) is 14.4 Å². The lowest BCUT2D eigenvalue weighted by Gasteiger charge is -2.43. The zero-order valence-electron chi connectivity index (χ0n) is 14.9. The number of hydrogen-bond acceptors (Lipinski definition) is 5. The Balaban J connectivity index is 2.02. The monoisotopic (exact) mass is 430 g/mol. The predicted molar refractivity (Wildman–Crippen MR) is 102 cm³/mol. The number of esters is 1. The number of carbonyl (C=O) groups is 3. The largest absolute Gasteiger partial charge is 0.466 e. The van der Waals surface area contributed by atoms with Crippen molar-refractivity contribution in [3.05, 3.63) is 56.8 Å². The lowest BCUT2D eigenvalue weighted by molar-refractivity contribution is -0.137. The van der Waals surface area contributed by atoms with Crippen LogP contribution in [-0.2, 0) is 19.1 Å². The van der Waals surface area contributed by atoms with E-state index in [1.165, 1.54) is 7.11 Å². The van der Waals surface area contributed by atoms with Crippen LogP contribution in [0.25, 0.3) is 0 Å². The maximum Gasteiger partial charge on any atom is 0.337 e. The number of rotatable bonds is 2. The summed E-state index contributed by atoms with van der Waals surface area (Å²) in [6, 6.07) is 7.51. The van der Waals surface area contributed by atoms with E-state index in [-0.39, 0.29) is 17.3 Å². The first-order valence-corrected chi connectivity index (χ1v) is 9.72. The van der Waals surface area contributed by atoms with Gasteiger partial charge < -0.3 is 15.0 Å². The van der Waals surface area contributed by atoms with E-state index < -0.39 is 11.9 Å².